The van der Waals surface area contributed by atoms with Crippen molar-refractivity contribution in [2.24, 2.45) is 0 Å². The van der Waals surface area contributed by atoms with Crippen LogP contribution in [0.4, 0.5) is 0 Å². The second-order valence-electron chi connectivity index (χ2n) is 6.75. The van der Waals surface area contributed by atoms with E-state index in [1.807, 2.05) is 32.0 Å². The molecule has 0 aliphatic carbocycles. The van der Waals surface area contributed by atoms with Gasteiger partial charge < -0.3 is 25.0 Å². The summed E-state index contributed by atoms with van der Waals surface area (Å²) in [5.41, 5.74) is 2.83. The molecular formula is C20H23NO5. The molecule has 6 heteroatoms. The number of nitrogens with zero attached hydrogens (tertiary/aromatic N) is 1. The van der Waals surface area contributed by atoms with Crippen molar-refractivity contribution in [3.8, 4) is 17.2 Å². The summed E-state index contributed by atoms with van der Waals surface area (Å²) in [5.74, 6) is 0.175. The highest BCUT2D eigenvalue weighted by atomic mass is 16.5. The van der Waals surface area contributed by atoms with Crippen LogP contribution in [-0.2, 0) is 13.1 Å². The third-order valence-electron chi connectivity index (χ3n) is 4.54. The lowest BCUT2D eigenvalue weighted by Gasteiger charge is -2.18. The molecule has 2 aromatic rings. The van der Waals surface area contributed by atoms with Gasteiger partial charge in [0.25, 0.3) is 5.91 Å². The van der Waals surface area contributed by atoms with Crippen LogP contribution >= 0.6 is 0 Å². The van der Waals surface area contributed by atoms with Crippen molar-refractivity contribution < 1.29 is 24.9 Å². The Balaban J connectivity index is 1.82. The van der Waals surface area contributed by atoms with Gasteiger partial charge in [0, 0.05) is 19.2 Å². The maximum Gasteiger partial charge on any atom is 0.258 e. The van der Waals surface area contributed by atoms with Crippen molar-refractivity contribution in [2.45, 2.75) is 32.9 Å². The Morgan fingerprint density at radius 2 is 1.85 bits per heavy atom. The number of fused-ring (bicyclic) bond motifs is 1. The Morgan fingerprint density at radius 1 is 1.12 bits per heavy atom. The molecule has 0 bridgehead atoms. The van der Waals surface area contributed by atoms with E-state index in [1.165, 1.54) is 6.07 Å². The van der Waals surface area contributed by atoms with Crippen molar-refractivity contribution in [1.29, 1.82) is 0 Å². The van der Waals surface area contributed by atoms with Crippen molar-refractivity contribution in [1.82, 2.24) is 4.90 Å². The van der Waals surface area contributed by atoms with E-state index in [1.54, 1.807) is 11.0 Å². The van der Waals surface area contributed by atoms with Gasteiger partial charge in [-0.05, 0) is 40.8 Å². The second-order valence-corrected chi connectivity index (χ2v) is 6.75. The van der Waals surface area contributed by atoms with Crippen molar-refractivity contribution in [3.63, 3.8) is 0 Å². The van der Waals surface area contributed by atoms with Gasteiger partial charge in [-0.3, -0.25) is 4.79 Å². The SMILES string of the molecule is CC(C)c1cc(C(=O)N2Cc3ccc(OCCO)cc3C2)c(O)cc1O. The molecule has 1 heterocycles. The fraction of sp³-hybridized carbons (Fsp3) is 0.350. The van der Waals surface area contributed by atoms with Crippen LogP contribution in [0.25, 0.3) is 0 Å². The first-order chi connectivity index (χ1) is 12.4. The number of rotatable bonds is 5. The third kappa shape index (κ3) is 3.46. The minimum Gasteiger partial charge on any atom is -0.508 e. The average molecular weight is 357 g/mol. The van der Waals surface area contributed by atoms with E-state index in [4.69, 9.17) is 9.84 Å². The number of amides is 1. The van der Waals surface area contributed by atoms with Crippen molar-refractivity contribution in [2.75, 3.05) is 13.2 Å². The minimum atomic E-state index is -0.279. The predicted octanol–water partition coefficient (Wildman–Crippen LogP) is 2.75. The monoisotopic (exact) mass is 357 g/mol. The number of phenolic OH excluding ortho intramolecular Hbond substituents is 2. The van der Waals surface area contributed by atoms with E-state index in [2.05, 4.69) is 0 Å². The maximum absolute atomic E-state index is 12.9. The average Bonchev–Trinajstić information content (AvgIpc) is 3.02. The molecule has 26 heavy (non-hydrogen) atoms. The van der Waals surface area contributed by atoms with Gasteiger partial charge in [-0.1, -0.05) is 19.9 Å². The van der Waals surface area contributed by atoms with Gasteiger partial charge in [0.2, 0.25) is 0 Å². The standard InChI is InChI=1S/C20H23NO5/c1-12(2)16-8-17(19(24)9-18(16)23)20(25)21-10-13-3-4-15(26-6-5-22)7-14(13)11-21/h3-4,7-9,12,22-24H,5-6,10-11H2,1-2H3. The van der Waals surface area contributed by atoms with Crippen LogP contribution in [0.15, 0.2) is 30.3 Å². The molecule has 0 aromatic heterocycles. The number of benzene rings is 2. The minimum absolute atomic E-state index is 0.00979. The van der Waals surface area contributed by atoms with Crippen LogP contribution in [0.3, 0.4) is 0 Å². The molecule has 0 spiro atoms. The zero-order chi connectivity index (χ0) is 18.8. The first kappa shape index (κ1) is 18.1. The van der Waals surface area contributed by atoms with Gasteiger partial charge in [0.15, 0.2) is 0 Å². The maximum atomic E-state index is 12.9. The van der Waals surface area contributed by atoms with Crippen LogP contribution < -0.4 is 4.74 Å². The summed E-state index contributed by atoms with van der Waals surface area (Å²) in [5, 5.41) is 28.9. The number of aliphatic hydroxyl groups excluding tert-OH is 1. The summed E-state index contributed by atoms with van der Waals surface area (Å²) in [7, 11) is 0. The van der Waals surface area contributed by atoms with Crippen LogP contribution in [0.1, 0.15) is 46.8 Å². The highest BCUT2D eigenvalue weighted by molar-refractivity contribution is 5.97. The predicted molar refractivity (Wildman–Crippen MR) is 96.5 cm³/mol. The van der Waals surface area contributed by atoms with E-state index in [0.29, 0.717) is 24.4 Å². The zero-order valence-electron chi connectivity index (χ0n) is 14.9. The Bertz CT molecular complexity index is 831. The molecule has 138 valence electrons. The Kier molecular flexibility index (Phi) is 5.04. The van der Waals surface area contributed by atoms with Gasteiger partial charge in [-0.15, -0.1) is 0 Å². The molecule has 3 N–H and O–H groups in total. The third-order valence-corrected chi connectivity index (χ3v) is 4.54. The lowest BCUT2D eigenvalue weighted by atomic mass is 9.98. The quantitative estimate of drug-likeness (QED) is 0.765. The fourth-order valence-electron chi connectivity index (χ4n) is 3.17. The molecule has 1 amide bonds. The van der Waals surface area contributed by atoms with E-state index in [-0.39, 0.29) is 42.1 Å². The largest absolute Gasteiger partial charge is 0.508 e. The fourth-order valence-corrected chi connectivity index (χ4v) is 3.17. The molecule has 1 aliphatic heterocycles. The molecular weight excluding hydrogens is 334 g/mol. The smallest absolute Gasteiger partial charge is 0.258 e. The summed E-state index contributed by atoms with van der Waals surface area (Å²) in [6.45, 7) is 4.87. The topological polar surface area (TPSA) is 90.2 Å². The van der Waals surface area contributed by atoms with E-state index >= 15 is 0 Å². The van der Waals surface area contributed by atoms with Gasteiger partial charge in [0.1, 0.15) is 23.9 Å². The second kappa shape index (κ2) is 7.25. The van der Waals surface area contributed by atoms with Crippen LogP contribution in [0.5, 0.6) is 17.2 Å². The molecule has 2 aromatic carbocycles. The highest BCUT2D eigenvalue weighted by Gasteiger charge is 2.27. The first-order valence-corrected chi connectivity index (χ1v) is 8.61. The summed E-state index contributed by atoms with van der Waals surface area (Å²) in [6.07, 6.45) is 0. The van der Waals surface area contributed by atoms with Crippen LogP contribution in [0.2, 0.25) is 0 Å². The number of aliphatic hydroxyl groups is 1. The number of ether oxygens (including phenoxy) is 1. The van der Waals surface area contributed by atoms with E-state index in [9.17, 15) is 15.0 Å². The summed E-state index contributed by atoms with van der Waals surface area (Å²) in [4.78, 5) is 14.5. The van der Waals surface area contributed by atoms with Crippen LogP contribution in [0, 0.1) is 0 Å². The zero-order valence-corrected chi connectivity index (χ0v) is 14.9. The van der Waals surface area contributed by atoms with E-state index in [0.717, 1.165) is 11.1 Å². The Hall–Kier alpha value is -2.73. The molecule has 0 saturated carbocycles. The van der Waals surface area contributed by atoms with Gasteiger partial charge in [0.05, 0.1) is 12.2 Å². The summed E-state index contributed by atoms with van der Waals surface area (Å²) in [6, 6.07) is 8.39. The van der Waals surface area contributed by atoms with Gasteiger partial charge >= 0.3 is 0 Å². The number of phenols is 2. The number of hydrogen-bond donors (Lipinski definition) is 3. The highest BCUT2D eigenvalue weighted by Crippen LogP contribution is 2.34. The number of carbonyl (C=O) groups is 1. The number of carbonyl (C=O) groups excluding carboxylic acids is 1. The molecule has 0 unspecified atom stereocenters. The summed E-state index contributed by atoms with van der Waals surface area (Å²) < 4.78 is 5.41. The Labute approximate surface area is 152 Å². The molecule has 0 atom stereocenters. The lowest BCUT2D eigenvalue weighted by Crippen LogP contribution is -2.25. The van der Waals surface area contributed by atoms with Crippen molar-refractivity contribution >= 4 is 5.91 Å². The molecule has 0 saturated heterocycles. The summed E-state index contributed by atoms with van der Waals surface area (Å²) >= 11 is 0. The molecule has 1 aliphatic rings. The normalized spacial score (nSPS) is 13.2. The first-order valence-electron chi connectivity index (χ1n) is 8.61. The molecule has 6 nitrogen and oxygen atoms in total. The molecule has 3 rings (SSSR count). The van der Waals surface area contributed by atoms with Gasteiger partial charge in [-0.2, -0.15) is 0 Å². The Morgan fingerprint density at radius 3 is 2.54 bits per heavy atom. The number of aromatic hydroxyl groups is 2. The van der Waals surface area contributed by atoms with Crippen molar-refractivity contribution in [3.05, 3.63) is 52.6 Å². The number of hydrogen-bond acceptors (Lipinski definition) is 5. The van der Waals surface area contributed by atoms with Gasteiger partial charge in [-0.25, -0.2) is 0 Å². The lowest BCUT2D eigenvalue weighted by molar-refractivity contribution is 0.0748. The van der Waals surface area contributed by atoms with Crippen LogP contribution in [-0.4, -0.2) is 39.3 Å². The molecule has 0 radical (unpaired) electrons. The molecule has 0 fully saturated rings. The van der Waals surface area contributed by atoms with E-state index < -0.39 is 0 Å².